The van der Waals surface area contributed by atoms with Gasteiger partial charge in [-0.05, 0) is 56.9 Å². The quantitative estimate of drug-likeness (QED) is 0.334. The largest absolute Gasteiger partial charge is 0.444 e. The molecule has 1 amide bonds. The van der Waals surface area contributed by atoms with Crippen molar-refractivity contribution in [3.8, 4) is 16.9 Å². The number of amides is 1. The number of ether oxygens (including phenoxy) is 1. The number of para-hydroxylation sites is 1. The van der Waals surface area contributed by atoms with E-state index in [1.807, 2.05) is 31.5 Å². The monoisotopic (exact) mass is 506 g/mol. The number of benzene rings is 2. The summed E-state index contributed by atoms with van der Waals surface area (Å²) in [5.41, 5.74) is 5.51. The van der Waals surface area contributed by atoms with Gasteiger partial charge in [-0.3, -0.25) is 0 Å². The van der Waals surface area contributed by atoms with E-state index in [1.54, 1.807) is 17.2 Å². The van der Waals surface area contributed by atoms with E-state index < -0.39 is 23.3 Å². The average molecular weight is 507 g/mol. The molecule has 2 aromatic heterocycles. The maximum atomic E-state index is 14.9. The summed E-state index contributed by atoms with van der Waals surface area (Å²) in [6.07, 6.45) is 3.30. The van der Waals surface area contributed by atoms with Crippen LogP contribution >= 0.6 is 0 Å². The van der Waals surface area contributed by atoms with Gasteiger partial charge in [0.15, 0.2) is 11.6 Å². The first-order chi connectivity index (χ1) is 17.6. The number of carbonyl (C=O) groups excluding carboxylic acids is 1. The van der Waals surface area contributed by atoms with Crippen LogP contribution in [0.25, 0.3) is 27.8 Å². The fraction of sp³-hybridized carbons (Fsp3) is 0.379. The van der Waals surface area contributed by atoms with Crippen LogP contribution in [-0.4, -0.2) is 37.9 Å². The summed E-state index contributed by atoms with van der Waals surface area (Å²) in [6.45, 7) is 10.4. The molecule has 0 atom stereocenters. The molecule has 0 aliphatic carbocycles. The van der Waals surface area contributed by atoms with Crippen molar-refractivity contribution in [3.63, 3.8) is 0 Å². The van der Waals surface area contributed by atoms with E-state index in [-0.39, 0.29) is 12.1 Å². The van der Waals surface area contributed by atoms with Gasteiger partial charge in [-0.2, -0.15) is 5.10 Å². The Morgan fingerprint density at radius 1 is 1.14 bits per heavy atom. The van der Waals surface area contributed by atoms with Crippen molar-refractivity contribution in [2.75, 3.05) is 6.54 Å². The number of fused-ring (bicyclic) bond motifs is 2. The van der Waals surface area contributed by atoms with Crippen molar-refractivity contribution in [1.82, 2.24) is 19.7 Å². The highest BCUT2D eigenvalue weighted by molar-refractivity contribution is 5.96. The van der Waals surface area contributed by atoms with Gasteiger partial charge in [-0.25, -0.2) is 18.3 Å². The second-order valence-corrected chi connectivity index (χ2v) is 10.5. The molecule has 0 fully saturated rings. The molecule has 37 heavy (non-hydrogen) atoms. The Balaban J connectivity index is 1.77. The number of carbonyl (C=O) groups is 1. The van der Waals surface area contributed by atoms with Crippen molar-refractivity contribution in [2.45, 2.75) is 66.0 Å². The van der Waals surface area contributed by atoms with E-state index in [0.717, 1.165) is 40.9 Å². The molecule has 1 aliphatic rings. The highest BCUT2D eigenvalue weighted by atomic mass is 19.2. The molecule has 1 aliphatic heterocycles. The number of rotatable bonds is 4. The number of hydrogen-bond acceptors (Lipinski definition) is 3. The molecule has 1 N–H and O–H groups in total. The van der Waals surface area contributed by atoms with E-state index in [4.69, 9.17) is 9.84 Å². The zero-order valence-electron chi connectivity index (χ0n) is 21.9. The predicted molar refractivity (Wildman–Crippen MR) is 140 cm³/mol. The third-order valence-corrected chi connectivity index (χ3v) is 6.86. The minimum absolute atomic E-state index is 0.107. The maximum absolute atomic E-state index is 14.9. The van der Waals surface area contributed by atoms with Gasteiger partial charge in [-0.15, -0.1) is 0 Å². The molecule has 0 saturated heterocycles. The van der Waals surface area contributed by atoms with Crippen LogP contribution in [0.2, 0.25) is 0 Å². The van der Waals surface area contributed by atoms with Gasteiger partial charge in [0.2, 0.25) is 0 Å². The molecule has 4 aromatic rings. The third kappa shape index (κ3) is 4.38. The molecule has 0 bridgehead atoms. The third-order valence-electron chi connectivity index (χ3n) is 6.86. The van der Waals surface area contributed by atoms with Crippen LogP contribution < -0.4 is 0 Å². The Morgan fingerprint density at radius 2 is 1.84 bits per heavy atom. The number of nitrogens with zero attached hydrogens (tertiary/aromatic N) is 3. The fourth-order valence-corrected chi connectivity index (χ4v) is 5.14. The summed E-state index contributed by atoms with van der Waals surface area (Å²) in [5.74, 6) is -1.85. The summed E-state index contributed by atoms with van der Waals surface area (Å²) in [7, 11) is 0. The molecule has 0 radical (unpaired) electrons. The number of nitrogens with one attached hydrogen (secondary N) is 1. The number of aromatic nitrogens is 3. The molecule has 5 rings (SSSR count). The van der Waals surface area contributed by atoms with Crippen molar-refractivity contribution < 1.29 is 18.3 Å². The number of H-pyrrole nitrogens is 1. The van der Waals surface area contributed by atoms with Gasteiger partial charge < -0.3 is 14.6 Å². The lowest BCUT2D eigenvalue weighted by atomic mass is 9.97. The first-order valence-electron chi connectivity index (χ1n) is 12.8. The molecule has 0 unspecified atom stereocenters. The lowest BCUT2D eigenvalue weighted by molar-refractivity contribution is 0.0224. The van der Waals surface area contributed by atoms with Crippen LogP contribution in [-0.2, 0) is 30.5 Å². The normalized spacial score (nSPS) is 13.8. The summed E-state index contributed by atoms with van der Waals surface area (Å²) >= 11 is 0. The summed E-state index contributed by atoms with van der Waals surface area (Å²) in [6, 6.07) is 9.17. The van der Waals surface area contributed by atoms with E-state index in [0.29, 0.717) is 29.6 Å². The van der Waals surface area contributed by atoms with Gasteiger partial charge >= 0.3 is 6.09 Å². The predicted octanol–water partition coefficient (Wildman–Crippen LogP) is 6.72. The first kappa shape index (κ1) is 25.0. The van der Waals surface area contributed by atoms with E-state index >= 15 is 0 Å². The first-order valence-corrected chi connectivity index (χ1v) is 12.8. The van der Waals surface area contributed by atoms with Crippen LogP contribution in [0.15, 0.2) is 36.5 Å². The lowest BCUT2D eigenvalue weighted by Gasteiger charge is -2.30. The highest BCUT2D eigenvalue weighted by Gasteiger charge is 2.32. The Labute approximate surface area is 215 Å². The minimum atomic E-state index is -0.939. The number of halogens is 2. The number of aromatic amines is 1. The fourth-order valence-electron chi connectivity index (χ4n) is 5.14. The zero-order chi connectivity index (χ0) is 26.5. The minimum Gasteiger partial charge on any atom is -0.444 e. The summed E-state index contributed by atoms with van der Waals surface area (Å²) < 4.78 is 37.1. The molecule has 2 aromatic carbocycles. The van der Waals surface area contributed by atoms with Crippen LogP contribution in [0.1, 0.15) is 57.0 Å². The van der Waals surface area contributed by atoms with Crippen molar-refractivity contribution in [2.24, 2.45) is 0 Å². The molecule has 194 valence electrons. The lowest BCUT2D eigenvalue weighted by Crippen LogP contribution is -2.39. The van der Waals surface area contributed by atoms with Gasteiger partial charge in [0, 0.05) is 35.7 Å². The van der Waals surface area contributed by atoms with Crippen LogP contribution in [0.5, 0.6) is 0 Å². The van der Waals surface area contributed by atoms with E-state index in [1.165, 1.54) is 6.07 Å². The summed E-state index contributed by atoms with van der Waals surface area (Å²) in [4.78, 5) is 17.5. The second-order valence-electron chi connectivity index (χ2n) is 10.5. The van der Waals surface area contributed by atoms with Gasteiger partial charge in [0.05, 0.1) is 29.1 Å². The zero-order valence-corrected chi connectivity index (χ0v) is 21.9. The van der Waals surface area contributed by atoms with Crippen LogP contribution in [0, 0.1) is 11.6 Å². The number of aryl methyl sites for hydroxylation is 2. The van der Waals surface area contributed by atoms with Gasteiger partial charge in [0.25, 0.3) is 0 Å². The average Bonchev–Trinajstić information content (AvgIpc) is 3.49. The smallest absolute Gasteiger partial charge is 0.410 e. The molecular weight excluding hydrogens is 474 g/mol. The van der Waals surface area contributed by atoms with Crippen molar-refractivity contribution in [3.05, 3.63) is 70.5 Å². The number of hydrogen-bond donors (Lipinski definition) is 1. The molecular formula is C29H32F2N4O2. The Hall–Kier alpha value is -3.68. The van der Waals surface area contributed by atoms with Crippen LogP contribution in [0.4, 0.5) is 13.6 Å². The molecule has 6 nitrogen and oxygen atoms in total. The van der Waals surface area contributed by atoms with E-state index in [2.05, 4.69) is 31.0 Å². The van der Waals surface area contributed by atoms with E-state index in [9.17, 15) is 13.6 Å². The maximum Gasteiger partial charge on any atom is 0.410 e. The van der Waals surface area contributed by atoms with Gasteiger partial charge in [0.1, 0.15) is 5.60 Å². The SMILES string of the molecule is CCc1cccc(CC)c1-n1nc2c(c1-c1cc(F)c(F)c3[nH]ccc13)CN(C(=O)OC(C)(C)C)CC2. The topological polar surface area (TPSA) is 63.2 Å². The standard InChI is InChI=1S/C29H32F2N4O2/c1-6-17-9-8-10-18(7-2)26(17)35-27(20-15-22(30)24(31)25-19(20)11-13-32-25)21-16-34(14-12-23(21)33-35)28(36)37-29(3,4)5/h8-11,13,15,32H,6-7,12,14,16H2,1-5H3. The van der Waals surface area contributed by atoms with Crippen LogP contribution in [0.3, 0.4) is 0 Å². The Kier molecular flexibility index (Phi) is 6.30. The van der Waals surface area contributed by atoms with Crippen molar-refractivity contribution >= 4 is 17.0 Å². The Morgan fingerprint density at radius 3 is 2.49 bits per heavy atom. The molecule has 3 heterocycles. The van der Waals surface area contributed by atoms with Crippen molar-refractivity contribution in [1.29, 1.82) is 0 Å². The Bertz CT molecular complexity index is 1470. The highest BCUT2D eigenvalue weighted by Crippen LogP contribution is 2.39. The second kappa shape index (κ2) is 9.32. The molecule has 8 heteroatoms. The molecule has 0 spiro atoms. The molecule has 0 saturated carbocycles. The summed E-state index contributed by atoms with van der Waals surface area (Å²) in [5, 5.41) is 5.60. The van der Waals surface area contributed by atoms with Gasteiger partial charge in [-0.1, -0.05) is 32.0 Å².